The Balaban J connectivity index is 2.61. The van der Waals surface area contributed by atoms with Crippen molar-refractivity contribution in [3.63, 3.8) is 0 Å². The first-order valence-corrected chi connectivity index (χ1v) is 5.19. The number of aryl methyl sites for hydroxylation is 2. The van der Waals surface area contributed by atoms with Gasteiger partial charge in [-0.1, -0.05) is 13.0 Å². The number of rotatable bonds is 3. The first kappa shape index (κ1) is 10.5. The first-order valence-electron chi connectivity index (χ1n) is 5.19. The number of nitrogens with zero attached hydrogens (tertiary/aromatic N) is 3. The van der Waals surface area contributed by atoms with Crippen LogP contribution in [0.5, 0.6) is 0 Å². The Bertz CT molecular complexity index is 517. The number of hydrogen-bond acceptors (Lipinski definition) is 3. The SMILES string of the molecule is CCc1cccnc1-c1nn(C)cc1C=O. The largest absolute Gasteiger partial charge is 0.298 e. The van der Waals surface area contributed by atoms with Crippen LogP contribution in [0.2, 0.25) is 0 Å². The van der Waals surface area contributed by atoms with Gasteiger partial charge in [-0.3, -0.25) is 14.5 Å². The summed E-state index contributed by atoms with van der Waals surface area (Å²) in [6.07, 6.45) is 5.11. The van der Waals surface area contributed by atoms with Gasteiger partial charge in [0.05, 0.1) is 11.3 Å². The van der Waals surface area contributed by atoms with Crippen LogP contribution in [0.25, 0.3) is 11.4 Å². The third-order valence-corrected chi connectivity index (χ3v) is 2.48. The monoisotopic (exact) mass is 215 g/mol. The van der Waals surface area contributed by atoms with Crippen LogP contribution in [-0.4, -0.2) is 21.1 Å². The van der Waals surface area contributed by atoms with Crippen LogP contribution in [0.4, 0.5) is 0 Å². The number of carbonyl (C=O) groups excluding carboxylic acids is 1. The van der Waals surface area contributed by atoms with Crippen molar-refractivity contribution in [3.05, 3.63) is 35.7 Å². The fourth-order valence-corrected chi connectivity index (χ4v) is 1.71. The van der Waals surface area contributed by atoms with Gasteiger partial charge in [0.2, 0.25) is 0 Å². The molecular weight excluding hydrogens is 202 g/mol. The smallest absolute Gasteiger partial charge is 0.153 e. The van der Waals surface area contributed by atoms with Crippen molar-refractivity contribution in [2.24, 2.45) is 7.05 Å². The molecule has 2 heterocycles. The lowest BCUT2D eigenvalue weighted by Crippen LogP contribution is -1.95. The number of carbonyl (C=O) groups is 1. The Hall–Kier alpha value is -1.97. The lowest BCUT2D eigenvalue weighted by Gasteiger charge is -2.03. The van der Waals surface area contributed by atoms with E-state index in [2.05, 4.69) is 17.0 Å². The molecule has 0 aliphatic heterocycles. The molecule has 0 amide bonds. The zero-order valence-electron chi connectivity index (χ0n) is 9.34. The van der Waals surface area contributed by atoms with Crippen molar-refractivity contribution >= 4 is 6.29 Å². The van der Waals surface area contributed by atoms with E-state index in [1.54, 1.807) is 24.1 Å². The highest BCUT2D eigenvalue weighted by Gasteiger charge is 2.13. The molecule has 0 unspecified atom stereocenters. The van der Waals surface area contributed by atoms with E-state index < -0.39 is 0 Å². The van der Waals surface area contributed by atoms with Crippen LogP contribution in [0.15, 0.2) is 24.5 Å². The third-order valence-electron chi connectivity index (χ3n) is 2.48. The molecule has 0 atom stereocenters. The minimum Gasteiger partial charge on any atom is -0.298 e. The average Bonchev–Trinajstić information content (AvgIpc) is 2.70. The van der Waals surface area contributed by atoms with E-state index in [0.29, 0.717) is 11.3 Å². The van der Waals surface area contributed by atoms with Gasteiger partial charge in [0.1, 0.15) is 5.69 Å². The van der Waals surface area contributed by atoms with E-state index in [9.17, 15) is 4.79 Å². The second-order valence-electron chi connectivity index (χ2n) is 3.59. The average molecular weight is 215 g/mol. The molecule has 0 N–H and O–H groups in total. The van der Waals surface area contributed by atoms with Gasteiger partial charge in [0.15, 0.2) is 6.29 Å². The van der Waals surface area contributed by atoms with Crippen molar-refractivity contribution in [2.75, 3.05) is 0 Å². The molecule has 4 heteroatoms. The summed E-state index contributed by atoms with van der Waals surface area (Å²) in [5.41, 5.74) is 3.14. The zero-order valence-corrected chi connectivity index (χ0v) is 9.34. The molecule has 2 aromatic rings. The van der Waals surface area contributed by atoms with Crippen molar-refractivity contribution in [1.29, 1.82) is 0 Å². The van der Waals surface area contributed by atoms with Gasteiger partial charge in [0.25, 0.3) is 0 Å². The summed E-state index contributed by atoms with van der Waals surface area (Å²) >= 11 is 0. The quantitative estimate of drug-likeness (QED) is 0.734. The molecule has 16 heavy (non-hydrogen) atoms. The zero-order chi connectivity index (χ0) is 11.5. The molecule has 2 rings (SSSR count). The predicted molar refractivity (Wildman–Crippen MR) is 61.2 cm³/mol. The standard InChI is InChI=1S/C12H13N3O/c1-3-9-5-4-6-13-11(9)12-10(8-16)7-15(2)14-12/h4-8H,3H2,1-2H3. The van der Waals surface area contributed by atoms with Crippen molar-refractivity contribution < 1.29 is 4.79 Å². The fourth-order valence-electron chi connectivity index (χ4n) is 1.71. The van der Waals surface area contributed by atoms with E-state index in [0.717, 1.165) is 24.0 Å². The molecule has 0 aliphatic rings. The third kappa shape index (κ3) is 1.74. The highest BCUT2D eigenvalue weighted by atomic mass is 16.1. The maximum absolute atomic E-state index is 10.9. The lowest BCUT2D eigenvalue weighted by atomic mass is 10.1. The second kappa shape index (κ2) is 4.26. The minimum atomic E-state index is 0.580. The van der Waals surface area contributed by atoms with Gasteiger partial charge < -0.3 is 0 Å². The summed E-state index contributed by atoms with van der Waals surface area (Å²) in [5, 5.41) is 4.28. The molecule has 0 fully saturated rings. The molecule has 0 saturated carbocycles. The van der Waals surface area contributed by atoms with Gasteiger partial charge in [-0.25, -0.2) is 0 Å². The topological polar surface area (TPSA) is 47.8 Å². The fraction of sp³-hybridized carbons (Fsp3) is 0.250. The van der Waals surface area contributed by atoms with Gasteiger partial charge in [-0.05, 0) is 18.1 Å². The van der Waals surface area contributed by atoms with Crippen molar-refractivity contribution in [1.82, 2.24) is 14.8 Å². The van der Waals surface area contributed by atoms with Crippen LogP contribution in [-0.2, 0) is 13.5 Å². The normalized spacial score (nSPS) is 10.4. The maximum Gasteiger partial charge on any atom is 0.153 e. The van der Waals surface area contributed by atoms with Crippen LogP contribution in [0.1, 0.15) is 22.8 Å². The lowest BCUT2D eigenvalue weighted by molar-refractivity contribution is 0.112. The summed E-state index contributed by atoms with van der Waals surface area (Å²) in [4.78, 5) is 15.2. The molecule has 0 radical (unpaired) electrons. The minimum absolute atomic E-state index is 0.580. The van der Waals surface area contributed by atoms with E-state index in [1.807, 2.05) is 12.1 Å². The van der Waals surface area contributed by atoms with E-state index in [1.165, 1.54) is 0 Å². The highest BCUT2D eigenvalue weighted by Crippen LogP contribution is 2.22. The molecule has 0 spiro atoms. The molecule has 0 saturated heterocycles. The Morgan fingerprint density at radius 2 is 2.25 bits per heavy atom. The Morgan fingerprint density at radius 1 is 1.44 bits per heavy atom. The molecule has 82 valence electrons. The predicted octanol–water partition coefficient (Wildman–Crippen LogP) is 1.86. The van der Waals surface area contributed by atoms with Crippen LogP contribution in [0.3, 0.4) is 0 Å². The number of pyridine rings is 1. The highest BCUT2D eigenvalue weighted by molar-refractivity contribution is 5.85. The molecular formula is C12H13N3O. The van der Waals surface area contributed by atoms with Crippen LogP contribution < -0.4 is 0 Å². The molecule has 2 aromatic heterocycles. The molecule has 4 nitrogen and oxygen atoms in total. The summed E-state index contributed by atoms with van der Waals surface area (Å²) in [6, 6.07) is 3.90. The first-order chi connectivity index (χ1) is 7.76. The summed E-state index contributed by atoms with van der Waals surface area (Å²) in [6.45, 7) is 2.06. The summed E-state index contributed by atoms with van der Waals surface area (Å²) in [5.74, 6) is 0. The Labute approximate surface area is 93.9 Å². The van der Waals surface area contributed by atoms with E-state index in [4.69, 9.17) is 0 Å². The van der Waals surface area contributed by atoms with Gasteiger partial charge in [0, 0.05) is 19.4 Å². The number of hydrogen-bond donors (Lipinski definition) is 0. The Morgan fingerprint density at radius 3 is 2.94 bits per heavy atom. The van der Waals surface area contributed by atoms with Crippen molar-refractivity contribution in [3.8, 4) is 11.4 Å². The van der Waals surface area contributed by atoms with Gasteiger partial charge in [-0.2, -0.15) is 5.10 Å². The maximum atomic E-state index is 10.9. The van der Waals surface area contributed by atoms with Crippen molar-refractivity contribution in [2.45, 2.75) is 13.3 Å². The molecule has 0 aromatic carbocycles. The van der Waals surface area contributed by atoms with Crippen LogP contribution in [0, 0.1) is 0 Å². The second-order valence-corrected chi connectivity index (χ2v) is 3.59. The van der Waals surface area contributed by atoms with E-state index in [-0.39, 0.29) is 0 Å². The molecule has 0 bridgehead atoms. The van der Waals surface area contributed by atoms with Gasteiger partial charge in [-0.15, -0.1) is 0 Å². The number of aldehydes is 1. The van der Waals surface area contributed by atoms with E-state index >= 15 is 0 Å². The summed E-state index contributed by atoms with van der Waals surface area (Å²) in [7, 11) is 1.80. The number of aromatic nitrogens is 3. The van der Waals surface area contributed by atoms with Crippen LogP contribution >= 0.6 is 0 Å². The summed E-state index contributed by atoms with van der Waals surface area (Å²) < 4.78 is 1.63. The van der Waals surface area contributed by atoms with Gasteiger partial charge >= 0.3 is 0 Å². The molecule has 0 aliphatic carbocycles. The Kier molecular flexibility index (Phi) is 2.81.